The highest BCUT2D eigenvalue weighted by molar-refractivity contribution is 5.92. The third-order valence-electron chi connectivity index (χ3n) is 3.85. The third-order valence-corrected chi connectivity index (χ3v) is 3.85. The minimum absolute atomic E-state index is 0.133. The second-order valence-corrected chi connectivity index (χ2v) is 5.52. The van der Waals surface area contributed by atoms with Crippen molar-refractivity contribution in [1.82, 2.24) is 4.90 Å². The van der Waals surface area contributed by atoms with Crippen molar-refractivity contribution in [2.45, 2.75) is 26.8 Å². The number of benzene rings is 2. The van der Waals surface area contributed by atoms with E-state index in [2.05, 4.69) is 30.1 Å². The first-order chi connectivity index (χ1) is 11.1. The maximum absolute atomic E-state index is 12.1. The van der Waals surface area contributed by atoms with Crippen LogP contribution in [0.3, 0.4) is 0 Å². The number of hydrogen-bond acceptors (Lipinski definition) is 3. The zero-order chi connectivity index (χ0) is 16.7. The number of carbonyl (C=O) groups excluding carboxylic acids is 1. The SMILES string of the molecule is CCN(CC)Cc1cccc(NC(=O)Cc2ccccc2O)c1. The number of para-hydroxylation sites is 1. The van der Waals surface area contributed by atoms with Gasteiger partial charge in [0.05, 0.1) is 6.42 Å². The summed E-state index contributed by atoms with van der Waals surface area (Å²) in [6.45, 7) is 7.15. The topological polar surface area (TPSA) is 52.6 Å². The van der Waals surface area contributed by atoms with Gasteiger partial charge in [-0.1, -0.05) is 44.2 Å². The van der Waals surface area contributed by atoms with E-state index < -0.39 is 0 Å². The Balaban J connectivity index is 2.00. The number of phenols is 1. The first-order valence-corrected chi connectivity index (χ1v) is 8.00. The molecule has 2 aromatic carbocycles. The van der Waals surface area contributed by atoms with Crippen molar-refractivity contribution in [2.75, 3.05) is 18.4 Å². The van der Waals surface area contributed by atoms with E-state index >= 15 is 0 Å². The molecule has 23 heavy (non-hydrogen) atoms. The smallest absolute Gasteiger partial charge is 0.228 e. The van der Waals surface area contributed by atoms with Gasteiger partial charge in [-0.05, 0) is 36.9 Å². The van der Waals surface area contributed by atoms with E-state index in [4.69, 9.17) is 0 Å². The van der Waals surface area contributed by atoms with E-state index in [-0.39, 0.29) is 18.1 Å². The summed E-state index contributed by atoms with van der Waals surface area (Å²) in [4.78, 5) is 14.5. The lowest BCUT2D eigenvalue weighted by Crippen LogP contribution is -2.22. The zero-order valence-electron chi connectivity index (χ0n) is 13.7. The molecule has 0 aromatic heterocycles. The van der Waals surface area contributed by atoms with Gasteiger partial charge in [-0.15, -0.1) is 0 Å². The van der Waals surface area contributed by atoms with E-state index in [1.807, 2.05) is 24.3 Å². The Morgan fingerprint density at radius 1 is 1.09 bits per heavy atom. The molecular formula is C19H24N2O2. The molecule has 1 amide bonds. The fourth-order valence-electron chi connectivity index (χ4n) is 2.49. The summed E-state index contributed by atoms with van der Waals surface area (Å²) in [7, 11) is 0. The number of amides is 1. The summed E-state index contributed by atoms with van der Waals surface area (Å²) in [6.07, 6.45) is 0.160. The van der Waals surface area contributed by atoms with E-state index in [1.165, 1.54) is 5.56 Å². The molecule has 0 aliphatic heterocycles. The number of nitrogens with zero attached hydrogens (tertiary/aromatic N) is 1. The van der Waals surface area contributed by atoms with Crippen LogP contribution < -0.4 is 5.32 Å². The van der Waals surface area contributed by atoms with Crippen LogP contribution in [-0.4, -0.2) is 29.0 Å². The van der Waals surface area contributed by atoms with Crippen molar-refractivity contribution in [1.29, 1.82) is 0 Å². The summed E-state index contributed by atoms with van der Waals surface area (Å²) >= 11 is 0. The van der Waals surface area contributed by atoms with Crippen LogP contribution in [0.25, 0.3) is 0 Å². The van der Waals surface area contributed by atoms with Crippen LogP contribution in [0.5, 0.6) is 5.75 Å². The minimum atomic E-state index is -0.133. The van der Waals surface area contributed by atoms with Crippen molar-refractivity contribution in [2.24, 2.45) is 0 Å². The van der Waals surface area contributed by atoms with Gasteiger partial charge in [0.2, 0.25) is 5.91 Å². The lowest BCUT2D eigenvalue weighted by Gasteiger charge is -2.18. The number of hydrogen-bond donors (Lipinski definition) is 2. The van der Waals surface area contributed by atoms with E-state index in [9.17, 15) is 9.90 Å². The highest BCUT2D eigenvalue weighted by Crippen LogP contribution is 2.18. The first-order valence-electron chi connectivity index (χ1n) is 8.00. The second kappa shape index (κ2) is 8.34. The number of aromatic hydroxyl groups is 1. The molecule has 0 radical (unpaired) electrons. The predicted molar refractivity (Wildman–Crippen MR) is 93.5 cm³/mol. The van der Waals surface area contributed by atoms with Crippen molar-refractivity contribution in [3.05, 3.63) is 59.7 Å². The van der Waals surface area contributed by atoms with E-state index in [0.29, 0.717) is 5.56 Å². The van der Waals surface area contributed by atoms with Gasteiger partial charge in [-0.25, -0.2) is 0 Å². The van der Waals surface area contributed by atoms with Crippen LogP contribution in [-0.2, 0) is 17.8 Å². The fourth-order valence-corrected chi connectivity index (χ4v) is 2.49. The van der Waals surface area contributed by atoms with Crippen molar-refractivity contribution in [3.8, 4) is 5.75 Å². The van der Waals surface area contributed by atoms with Gasteiger partial charge in [0.15, 0.2) is 0 Å². The summed E-state index contributed by atoms with van der Waals surface area (Å²) in [5, 5.41) is 12.6. The van der Waals surface area contributed by atoms with Gasteiger partial charge in [0, 0.05) is 17.8 Å². The maximum Gasteiger partial charge on any atom is 0.228 e. The average molecular weight is 312 g/mol. The molecule has 2 aromatic rings. The summed E-state index contributed by atoms with van der Waals surface area (Å²) < 4.78 is 0. The summed E-state index contributed by atoms with van der Waals surface area (Å²) in [6, 6.07) is 14.8. The zero-order valence-corrected chi connectivity index (χ0v) is 13.7. The molecule has 2 N–H and O–H groups in total. The normalized spacial score (nSPS) is 10.7. The quantitative estimate of drug-likeness (QED) is 0.823. The van der Waals surface area contributed by atoms with Gasteiger partial charge < -0.3 is 10.4 Å². The molecule has 4 nitrogen and oxygen atoms in total. The lowest BCUT2D eigenvalue weighted by atomic mass is 10.1. The fraction of sp³-hybridized carbons (Fsp3) is 0.316. The molecular weight excluding hydrogens is 288 g/mol. The minimum Gasteiger partial charge on any atom is -0.508 e. The second-order valence-electron chi connectivity index (χ2n) is 5.52. The third kappa shape index (κ3) is 5.11. The predicted octanol–water partition coefficient (Wildman–Crippen LogP) is 3.42. The van der Waals surface area contributed by atoms with Crippen LogP contribution >= 0.6 is 0 Å². The lowest BCUT2D eigenvalue weighted by molar-refractivity contribution is -0.115. The Morgan fingerprint density at radius 3 is 2.52 bits per heavy atom. The molecule has 0 unspecified atom stereocenters. The molecule has 0 bridgehead atoms. The molecule has 0 fully saturated rings. The number of anilines is 1. The molecule has 0 aliphatic carbocycles. The molecule has 122 valence electrons. The Bertz CT molecular complexity index is 651. The Morgan fingerprint density at radius 2 is 1.83 bits per heavy atom. The monoisotopic (exact) mass is 312 g/mol. The van der Waals surface area contributed by atoms with Gasteiger partial charge in [-0.2, -0.15) is 0 Å². The number of rotatable bonds is 7. The maximum atomic E-state index is 12.1. The standard InChI is InChI=1S/C19H24N2O2/c1-3-21(4-2)14-15-8-7-10-17(12-15)20-19(23)13-16-9-5-6-11-18(16)22/h5-12,22H,3-4,13-14H2,1-2H3,(H,20,23). The highest BCUT2D eigenvalue weighted by Gasteiger charge is 2.08. The van der Waals surface area contributed by atoms with E-state index in [1.54, 1.807) is 18.2 Å². The van der Waals surface area contributed by atoms with Crippen molar-refractivity contribution < 1.29 is 9.90 Å². The molecule has 0 saturated heterocycles. The Hall–Kier alpha value is -2.33. The summed E-state index contributed by atoms with van der Waals surface area (Å²) in [5.74, 6) is 0.0180. The van der Waals surface area contributed by atoms with E-state index in [0.717, 1.165) is 25.3 Å². The molecule has 4 heteroatoms. The van der Waals surface area contributed by atoms with Crippen molar-refractivity contribution >= 4 is 11.6 Å². The largest absolute Gasteiger partial charge is 0.508 e. The number of nitrogens with one attached hydrogen (secondary N) is 1. The molecule has 0 heterocycles. The van der Waals surface area contributed by atoms with Crippen LogP contribution in [0, 0.1) is 0 Å². The van der Waals surface area contributed by atoms with Crippen LogP contribution in [0.1, 0.15) is 25.0 Å². The molecule has 0 aliphatic rings. The highest BCUT2D eigenvalue weighted by atomic mass is 16.3. The number of phenolic OH excluding ortho intramolecular Hbond substituents is 1. The van der Waals surface area contributed by atoms with Crippen LogP contribution in [0.2, 0.25) is 0 Å². The van der Waals surface area contributed by atoms with Gasteiger partial charge in [-0.3, -0.25) is 9.69 Å². The van der Waals surface area contributed by atoms with Gasteiger partial charge in [0.1, 0.15) is 5.75 Å². The molecule has 0 saturated carbocycles. The van der Waals surface area contributed by atoms with Crippen LogP contribution in [0.15, 0.2) is 48.5 Å². The molecule has 0 atom stereocenters. The summed E-state index contributed by atoms with van der Waals surface area (Å²) in [5.41, 5.74) is 2.59. The molecule has 2 rings (SSSR count). The first kappa shape index (κ1) is 17.0. The van der Waals surface area contributed by atoms with Gasteiger partial charge in [0.25, 0.3) is 0 Å². The molecule has 0 spiro atoms. The Labute approximate surface area is 137 Å². The number of carbonyl (C=O) groups is 1. The Kier molecular flexibility index (Phi) is 6.18. The van der Waals surface area contributed by atoms with Crippen LogP contribution in [0.4, 0.5) is 5.69 Å². The van der Waals surface area contributed by atoms with Gasteiger partial charge >= 0.3 is 0 Å². The average Bonchev–Trinajstić information content (AvgIpc) is 2.55. The van der Waals surface area contributed by atoms with Crippen molar-refractivity contribution in [3.63, 3.8) is 0 Å².